The highest BCUT2D eigenvalue weighted by Crippen LogP contribution is 2.40. The molecule has 1 aliphatic carbocycles. The van der Waals surface area contributed by atoms with E-state index in [-0.39, 0.29) is 27.7 Å². The molecule has 2 aliphatic rings. The number of anilines is 2. The number of alkyl halides is 2. The first-order valence-electron chi connectivity index (χ1n) is 13.0. The number of aromatic nitrogens is 1. The van der Waals surface area contributed by atoms with Gasteiger partial charge in [0.2, 0.25) is 5.91 Å². The van der Waals surface area contributed by atoms with Crippen molar-refractivity contribution < 1.29 is 31.2 Å². The number of rotatable bonds is 7. The van der Waals surface area contributed by atoms with Gasteiger partial charge in [-0.3, -0.25) is 14.5 Å². The van der Waals surface area contributed by atoms with Gasteiger partial charge < -0.3 is 5.32 Å². The maximum Gasteiger partial charge on any atom is 0.305 e. The van der Waals surface area contributed by atoms with E-state index < -0.39 is 71.3 Å². The van der Waals surface area contributed by atoms with Gasteiger partial charge in [0.15, 0.2) is 0 Å². The molecule has 224 valence electrons. The van der Waals surface area contributed by atoms with Crippen LogP contribution in [0.3, 0.4) is 0 Å². The first-order valence-corrected chi connectivity index (χ1v) is 14.7. The fraction of sp³-hybridized carbons (Fsp3) is 0.286. The van der Waals surface area contributed by atoms with E-state index in [1.807, 2.05) is 6.07 Å². The summed E-state index contributed by atoms with van der Waals surface area (Å²) in [6.07, 6.45) is -0.00747. The molecule has 2 heterocycles. The molecule has 15 heteroatoms. The number of nitrogens with zero attached hydrogens (tertiary/aromatic N) is 5. The third kappa shape index (κ3) is 5.88. The maximum absolute atomic E-state index is 14.6. The van der Waals surface area contributed by atoms with Crippen LogP contribution in [0.4, 0.5) is 24.7 Å². The van der Waals surface area contributed by atoms with Gasteiger partial charge in [0.05, 0.1) is 11.6 Å². The van der Waals surface area contributed by atoms with Gasteiger partial charge in [0.1, 0.15) is 23.7 Å². The fourth-order valence-corrected chi connectivity index (χ4v) is 6.80. The van der Waals surface area contributed by atoms with E-state index >= 15 is 0 Å². The molecule has 0 radical (unpaired) electrons. The van der Waals surface area contributed by atoms with Crippen molar-refractivity contribution in [3.8, 4) is 6.07 Å². The fourth-order valence-electron chi connectivity index (χ4n) is 5.12. The zero-order valence-electron chi connectivity index (χ0n) is 22.5. The van der Waals surface area contributed by atoms with E-state index in [4.69, 9.17) is 11.6 Å². The Morgan fingerprint density at radius 2 is 1.88 bits per heavy atom. The molecule has 10 nitrogen and oxygen atoms in total. The number of nitriles is 1. The lowest BCUT2D eigenvalue weighted by Gasteiger charge is -2.39. The highest BCUT2D eigenvalue weighted by molar-refractivity contribution is 7.90. The van der Waals surface area contributed by atoms with Crippen molar-refractivity contribution >= 4 is 45.1 Å². The van der Waals surface area contributed by atoms with Gasteiger partial charge in [0, 0.05) is 54.9 Å². The van der Waals surface area contributed by atoms with Crippen LogP contribution in [0.15, 0.2) is 66.9 Å². The summed E-state index contributed by atoms with van der Waals surface area (Å²) in [4.78, 5) is 33.4. The monoisotopic (exact) mass is 632 g/mol. The van der Waals surface area contributed by atoms with Gasteiger partial charge in [-0.1, -0.05) is 35.9 Å². The van der Waals surface area contributed by atoms with Crippen LogP contribution in [0.5, 0.6) is 0 Å². The van der Waals surface area contributed by atoms with Gasteiger partial charge in [-0.2, -0.15) is 18.0 Å². The van der Waals surface area contributed by atoms with E-state index in [1.54, 1.807) is 12.1 Å². The minimum absolute atomic E-state index is 0.0483. The lowest BCUT2D eigenvalue weighted by molar-refractivity contribution is -0.133. The van der Waals surface area contributed by atoms with Crippen LogP contribution in [0.2, 0.25) is 5.02 Å². The van der Waals surface area contributed by atoms with Crippen molar-refractivity contribution in [1.29, 1.82) is 5.26 Å². The highest BCUT2D eigenvalue weighted by Gasteiger charge is 2.51. The Morgan fingerprint density at radius 3 is 2.53 bits per heavy atom. The highest BCUT2D eigenvalue weighted by atomic mass is 35.5. The van der Waals surface area contributed by atoms with Crippen molar-refractivity contribution in [3.05, 3.63) is 88.8 Å². The molecule has 43 heavy (non-hydrogen) atoms. The second-order valence-electron chi connectivity index (χ2n) is 10.2. The molecule has 1 saturated carbocycles. The molecule has 2 fully saturated rings. The van der Waals surface area contributed by atoms with Crippen LogP contribution in [0.1, 0.15) is 30.0 Å². The summed E-state index contributed by atoms with van der Waals surface area (Å²) in [5.74, 6) is -5.78. The second kappa shape index (κ2) is 11.5. The number of hydrogen-bond donors (Lipinski definition) is 1. The van der Waals surface area contributed by atoms with Crippen molar-refractivity contribution in [2.75, 3.05) is 22.8 Å². The number of benzene rings is 2. The Labute approximate surface area is 250 Å². The van der Waals surface area contributed by atoms with Gasteiger partial charge in [0.25, 0.3) is 11.8 Å². The van der Waals surface area contributed by atoms with Gasteiger partial charge in [-0.25, -0.2) is 22.5 Å². The van der Waals surface area contributed by atoms with Crippen LogP contribution in [-0.4, -0.2) is 61.1 Å². The van der Waals surface area contributed by atoms with Crippen molar-refractivity contribution in [1.82, 2.24) is 14.6 Å². The van der Waals surface area contributed by atoms with Crippen LogP contribution >= 0.6 is 11.6 Å². The number of nitrogens with one attached hydrogen (secondary N) is 1. The van der Waals surface area contributed by atoms with Gasteiger partial charge >= 0.3 is 10.2 Å². The largest absolute Gasteiger partial charge is 0.351 e. The van der Waals surface area contributed by atoms with E-state index in [2.05, 4.69) is 10.3 Å². The van der Waals surface area contributed by atoms with Crippen molar-refractivity contribution in [2.45, 2.75) is 36.9 Å². The van der Waals surface area contributed by atoms with Crippen LogP contribution in [0.25, 0.3) is 0 Å². The normalized spacial score (nSPS) is 20.1. The lowest BCUT2D eigenvalue weighted by atomic mass is 9.87. The molecule has 2 aromatic carbocycles. The summed E-state index contributed by atoms with van der Waals surface area (Å²) in [6, 6.07) is 11.2. The molecule has 1 aliphatic heterocycles. The standard InChI is InChI=1S/C28H24ClF3N6O4S/c1-36-16-23(38(43(36,41)42)24-11-17(15-33)9-10-34-24)27(40)37(20-6-4-5-18(30)12-20)25(21-7-2-3-8-22(21)29)26(39)35-19-13-28(31,32)14-19/h2-12,19,23,25H,13-14,16H2,1H3,(H,35,39). The van der Waals surface area contributed by atoms with Crippen LogP contribution in [0, 0.1) is 17.1 Å². The molecule has 2 unspecified atom stereocenters. The molecule has 2 amide bonds. The summed E-state index contributed by atoms with van der Waals surface area (Å²) in [5, 5.41) is 12.0. The molecular formula is C28H24ClF3N6O4S. The van der Waals surface area contributed by atoms with Crippen molar-refractivity contribution in [3.63, 3.8) is 0 Å². The summed E-state index contributed by atoms with van der Waals surface area (Å²) >= 11 is 6.48. The maximum atomic E-state index is 14.6. The molecule has 0 bridgehead atoms. The van der Waals surface area contributed by atoms with Crippen LogP contribution < -0.4 is 14.5 Å². The number of halogens is 4. The molecule has 0 spiro atoms. The van der Waals surface area contributed by atoms with Crippen molar-refractivity contribution in [2.24, 2.45) is 0 Å². The zero-order valence-corrected chi connectivity index (χ0v) is 24.1. The third-order valence-corrected chi connectivity index (χ3v) is 9.43. The molecule has 1 aromatic heterocycles. The minimum atomic E-state index is -4.34. The quantitative estimate of drug-likeness (QED) is 0.422. The summed E-state index contributed by atoms with van der Waals surface area (Å²) in [5.41, 5.74) is 0.0546. The number of amides is 2. The molecule has 1 N–H and O–H groups in total. The topological polar surface area (TPSA) is 127 Å². The number of carbonyl (C=O) groups excluding carboxylic acids is 2. The lowest BCUT2D eigenvalue weighted by Crippen LogP contribution is -2.56. The van der Waals surface area contributed by atoms with E-state index in [9.17, 15) is 36.4 Å². The Kier molecular flexibility index (Phi) is 8.08. The summed E-state index contributed by atoms with van der Waals surface area (Å²) < 4.78 is 70.3. The predicted molar refractivity (Wildman–Crippen MR) is 151 cm³/mol. The molecule has 1 saturated heterocycles. The van der Waals surface area contributed by atoms with Gasteiger partial charge in [-0.05, 0) is 36.4 Å². The average Bonchev–Trinajstić information content (AvgIpc) is 3.19. The Hall–Kier alpha value is -4.19. The molecule has 5 rings (SSSR count). The van der Waals surface area contributed by atoms with E-state index in [0.717, 1.165) is 25.6 Å². The van der Waals surface area contributed by atoms with E-state index in [0.29, 0.717) is 0 Å². The zero-order chi connectivity index (χ0) is 31.1. The first-order chi connectivity index (χ1) is 20.3. The Bertz CT molecular complexity index is 1730. The SMILES string of the molecule is CN1CC(C(=O)N(c2cccc(F)c2)C(C(=O)NC2CC(F)(F)C2)c2ccccc2Cl)N(c2cc(C#N)ccn2)S1(=O)=O. The smallest absolute Gasteiger partial charge is 0.305 e. The molecule has 3 aromatic rings. The average molecular weight is 633 g/mol. The number of likely N-dealkylation sites (N-methyl/N-ethyl adjacent to an activating group) is 1. The molecule has 2 atom stereocenters. The predicted octanol–water partition coefficient (Wildman–Crippen LogP) is 3.80. The van der Waals surface area contributed by atoms with Gasteiger partial charge in [-0.15, -0.1) is 0 Å². The number of carbonyl (C=O) groups is 2. The minimum Gasteiger partial charge on any atom is -0.351 e. The first kappa shape index (κ1) is 30.3. The Morgan fingerprint density at radius 1 is 1.16 bits per heavy atom. The Balaban J connectivity index is 1.65. The summed E-state index contributed by atoms with van der Waals surface area (Å²) in [7, 11) is -3.10. The third-order valence-electron chi connectivity index (χ3n) is 7.21. The molecular weight excluding hydrogens is 609 g/mol. The van der Waals surface area contributed by atoms with Crippen LogP contribution in [-0.2, 0) is 19.8 Å². The second-order valence-corrected chi connectivity index (χ2v) is 12.5. The van der Waals surface area contributed by atoms with E-state index in [1.165, 1.54) is 49.6 Å². The summed E-state index contributed by atoms with van der Waals surface area (Å²) in [6.45, 7) is -0.392. The number of hydrogen-bond acceptors (Lipinski definition) is 6. The number of pyridine rings is 1.